The van der Waals surface area contributed by atoms with Gasteiger partial charge in [-0.25, -0.2) is 4.39 Å². The van der Waals surface area contributed by atoms with Crippen LogP contribution < -0.4 is 5.32 Å². The molecule has 1 fully saturated rings. The Morgan fingerprint density at radius 3 is 2.35 bits per heavy atom. The SMILES string of the molecule is C=C/C(C(=O)/C(=C/c1cc(C2CC2)c(SC(CCC)CCC)cc1C)C(C)C)=C(\C)NC(=C/C(=C\C)OC1=C(F)CCC=C1)/C(C)=C\C. The molecule has 3 rings (SSSR count). The fourth-order valence-corrected chi connectivity index (χ4v) is 7.50. The second-order valence-electron chi connectivity index (χ2n) is 13.3. The summed E-state index contributed by atoms with van der Waals surface area (Å²) in [6, 6.07) is 4.72. The highest BCUT2D eigenvalue weighted by atomic mass is 32.2. The normalized spacial score (nSPS) is 16.9. The van der Waals surface area contributed by atoms with Gasteiger partial charge in [-0.05, 0) is 125 Å². The molecule has 2 aliphatic rings. The molecule has 0 heterocycles. The van der Waals surface area contributed by atoms with Crippen LogP contribution in [0.15, 0.2) is 106 Å². The highest BCUT2D eigenvalue weighted by molar-refractivity contribution is 8.00. The van der Waals surface area contributed by atoms with Crippen molar-refractivity contribution in [2.45, 2.75) is 130 Å². The highest BCUT2D eigenvalue weighted by Gasteiger charge is 2.28. The van der Waals surface area contributed by atoms with Gasteiger partial charge in [0.2, 0.25) is 0 Å². The number of hydrogen-bond donors (Lipinski definition) is 1. The quantitative estimate of drug-likeness (QED) is 0.0729. The van der Waals surface area contributed by atoms with Crippen molar-refractivity contribution in [2.24, 2.45) is 5.92 Å². The molecular formula is C43H58FNO2S. The number of allylic oxidation sites excluding steroid dienone is 11. The predicted molar refractivity (Wildman–Crippen MR) is 205 cm³/mol. The van der Waals surface area contributed by atoms with Gasteiger partial charge in [-0.1, -0.05) is 71.4 Å². The first-order chi connectivity index (χ1) is 23.0. The Bertz CT molecular complexity index is 1540. The van der Waals surface area contributed by atoms with Crippen LogP contribution in [-0.4, -0.2) is 11.0 Å². The molecule has 0 aromatic heterocycles. The van der Waals surface area contributed by atoms with E-state index in [0.717, 1.165) is 22.4 Å². The van der Waals surface area contributed by atoms with Crippen molar-refractivity contribution in [3.8, 4) is 0 Å². The van der Waals surface area contributed by atoms with E-state index < -0.39 is 0 Å². The maximum Gasteiger partial charge on any atom is 0.191 e. The van der Waals surface area contributed by atoms with Crippen molar-refractivity contribution in [3.63, 3.8) is 0 Å². The van der Waals surface area contributed by atoms with Gasteiger partial charge in [0.25, 0.3) is 0 Å². The van der Waals surface area contributed by atoms with Gasteiger partial charge in [0.15, 0.2) is 11.5 Å². The van der Waals surface area contributed by atoms with Gasteiger partial charge >= 0.3 is 0 Å². The van der Waals surface area contributed by atoms with Gasteiger partial charge in [0.1, 0.15) is 11.6 Å². The molecule has 1 saturated carbocycles. The van der Waals surface area contributed by atoms with Gasteiger partial charge in [-0.3, -0.25) is 4.79 Å². The number of benzene rings is 1. The minimum absolute atomic E-state index is 0.0126. The standard InChI is InChI=1S/C43H58FNO2S/c1-11-18-35(19-12-2)48-42-24-30(9)33(26-38(42)32-22-23-32)25-37(28(6)7)43(46)36(15-5)31(10)45-40(29(8)13-3)27-34(14-4)47-41-21-17-16-20-39(41)44/h13-15,17,21,24-28,32,35,45H,5,11-12,16,18-20,22-23H2,1-4,6-10H3/b29-13-,34-14+,36-31-,37-25+,40-27+. The van der Waals surface area contributed by atoms with Gasteiger partial charge in [0.05, 0.1) is 0 Å². The van der Waals surface area contributed by atoms with Crippen LogP contribution in [0, 0.1) is 12.8 Å². The first-order valence-electron chi connectivity index (χ1n) is 17.9. The number of ketones is 1. The van der Waals surface area contributed by atoms with E-state index in [9.17, 15) is 9.18 Å². The summed E-state index contributed by atoms with van der Waals surface area (Å²) in [7, 11) is 0. The number of aryl methyl sites for hydroxylation is 1. The number of carbonyl (C=O) groups is 1. The second kappa shape index (κ2) is 19.0. The van der Waals surface area contributed by atoms with E-state index >= 15 is 0 Å². The molecule has 3 nitrogen and oxygen atoms in total. The van der Waals surface area contributed by atoms with Crippen molar-refractivity contribution >= 4 is 23.6 Å². The van der Waals surface area contributed by atoms with E-state index in [-0.39, 0.29) is 23.3 Å². The summed E-state index contributed by atoms with van der Waals surface area (Å²) in [5.41, 5.74) is 7.44. The molecule has 2 aliphatic carbocycles. The number of thioether (sulfide) groups is 1. The molecule has 0 saturated heterocycles. The highest BCUT2D eigenvalue weighted by Crippen LogP contribution is 2.47. The third kappa shape index (κ3) is 10.9. The monoisotopic (exact) mass is 671 g/mol. The fraction of sp³-hybridized carbons (Fsp3) is 0.465. The summed E-state index contributed by atoms with van der Waals surface area (Å²) >= 11 is 2.06. The average molecular weight is 672 g/mol. The molecule has 1 N–H and O–H groups in total. The van der Waals surface area contributed by atoms with Crippen molar-refractivity contribution in [2.75, 3.05) is 0 Å². The summed E-state index contributed by atoms with van der Waals surface area (Å²) in [4.78, 5) is 15.7. The van der Waals surface area contributed by atoms with E-state index in [1.807, 2.05) is 45.9 Å². The molecule has 260 valence electrons. The Balaban J connectivity index is 1.99. The third-order valence-electron chi connectivity index (χ3n) is 9.02. The van der Waals surface area contributed by atoms with Gasteiger partial charge < -0.3 is 10.1 Å². The second-order valence-corrected chi connectivity index (χ2v) is 14.7. The van der Waals surface area contributed by atoms with Crippen LogP contribution in [0.3, 0.4) is 0 Å². The molecule has 0 atom stereocenters. The number of nitrogens with one attached hydrogen (secondary N) is 1. The Labute approximate surface area is 295 Å². The van der Waals surface area contributed by atoms with E-state index in [1.165, 1.54) is 54.5 Å². The molecule has 0 spiro atoms. The first-order valence-corrected chi connectivity index (χ1v) is 18.8. The van der Waals surface area contributed by atoms with Gasteiger partial charge in [-0.15, -0.1) is 11.8 Å². The fourth-order valence-electron chi connectivity index (χ4n) is 5.82. The molecule has 1 aromatic carbocycles. The topological polar surface area (TPSA) is 38.3 Å². The molecule has 0 unspecified atom stereocenters. The number of hydrogen-bond acceptors (Lipinski definition) is 4. The predicted octanol–water partition coefficient (Wildman–Crippen LogP) is 12.9. The lowest BCUT2D eigenvalue weighted by Gasteiger charge is -2.20. The molecule has 48 heavy (non-hydrogen) atoms. The summed E-state index contributed by atoms with van der Waals surface area (Å²) in [5, 5.41) is 4.11. The largest absolute Gasteiger partial charge is 0.455 e. The Kier molecular flexibility index (Phi) is 15.5. The smallest absolute Gasteiger partial charge is 0.191 e. The molecular weight excluding hydrogens is 614 g/mol. The Morgan fingerprint density at radius 1 is 1.12 bits per heavy atom. The number of Topliss-reactive ketones (excluding diaryl/α,β-unsaturated/α-hetero) is 1. The van der Waals surface area contributed by atoms with Crippen molar-refractivity contribution < 1.29 is 13.9 Å². The third-order valence-corrected chi connectivity index (χ3v) is 10.4. The maximum absolute atomic E-state index is 14.4. The summed E-state index contributed by atoms with van der Waals surface area (Å²) < 4.78 is 20.4. The molecule has 0 aliphatic heterocycles. The maximum atomic E-state index is 14.4. The van der Waals surface area contributed by atoms with Crippen LogP contribution in [0.25, 0.3) is 6.08 Å². The summed E-state index contributed by atoms with van der Waals surface area (Å²) in [6.07, 6.45) is 21.4. The van der Waals surface area contributed by atoms with Crippen molar-refractivity contribution in [1.82, 2.24) is 5.32 Å². The van der Waals surface area contributed by atoms with Crippen molar-refractivity contribution in [3.05, 3.63) is 117 Å². The first kappa shape index (κ1) is 39.1. The van der Waals surface area contributed by atoms with E-state index in [0.29, 0.717) is 41.0 Å². The van der Waals surface area contributed by atoms with E-state index in [1.54, 1.807) is 18.2 Å². The lowest BCUT2D eigenvalue weighted by molar-refractivity contribution is -0.112. The van der Waals surface area contributed by atoms with Crippen LogP contribution in [-0.2, 0) is 9.53 Å². The average Bonchev–Trinajstić information content (AvgIpc) is 3.90. The van der Waals surface area contributed by atoms with Gasteiger partial charge in [0, 0.05) is 45.2 Å². The van der Waals surface area contributed by atoms with Crippen LogP contribution in [0.4, 0.5) is 4.39 Å². The van der Waals surface area contributed by atoms with E-state index in [2.05, 4.69) is 76.5 Å². The minimum atomic E-state index is -0.254. The van der Waals surface area contributed by atoms with Gasteiger partial charge in [-0.2, -0.15) is 0 Å². The summed E-state index contributed by atoms with van der Waals surface area (Å²) in [6.45, 7) is 22.6. The zero-order valence-corrected chi connectivity index (χ0v) is 31.7. The van der Waals surface area contributed by atoms with Crippen LogP contribution in [0.5, 0.6) is 0 Å². The number of ether oxygens (including phenoxy) is 1. The Hall–Kier alpha value is -3.31. The molecule has 0 bridgehead atoms. The number of halogens is 1. The zero-order chi connectivity index (χ0) is 35.4. The Morgan fingerprint density at radius 2 is 1.81 bits per heavy atom. The molecule has 5 heteroatoms. The lowest BCUT2D eigenvalue weighted by atomic mass is 9.90. The van der Waals surface area contributed by atoms with Crippen molar-refractivity contribution in [1.29, 1.82) is 0 Å². The lowest BCUT2D eigenvalue weighted by Crippen LogP contribution is -2.19. The van der Waals surface area contributed by atoms with E-state index in [4.69, 9.17) is 4.74 Å². The van der Waals surface area contributed by atoms with Crippen LogP contribution in [0.1, 0.15) is 129 Å². The molecule has 0 radical (unpaired) electrons. The number of carbonyl (C=O) groups excluding carboxylic acids is 1. The minimum Gasteiger partial charge on any atom is -0.455 e. The van der Waals surface area contributed by atoms with Crippen LogP contribution >= 0.6 is 11.8 Å². The summed E-state index contributed by atoms with van der Waals surface area (Å²) in [5.74, 6) is 1.08. The molecule has 0 amide bonds. The number of rotatable bonds is 18. The molecule has 1 aromatic rings. The van der Waals surface area contributed by atoms with Crippen LogP contribution in [0.2, 0.25) is 0 Å². The zero-order valence-electron chi connectivity index (χ0n) is 30.9.